The number of fused-ring (bicyclic) bond motifs is 1. The predicted molar refractivity (Wildman–Crippen MR) is 56.3 cm³/mol. The van der Waals surface area contributed by atoms with Gasteiger partial charge in [0, 0.05) is 18.7 Å². The highest BCUT2D eigenvalue weighted by molar-refractivity contribution is 5.68. The minimum atomic E-state index is 0.488. The van der Waals surface area contributed by atoms with Crippen LogP contribution in [0.25, 0.3) is 11.2 Å². The Balaban J connectivity index is 2.04. The molecule has 1 saturated carbocycles. The summed E-state index contributed by atoms with van der Waals surface area (Å²) in [5.41, 5.74) is 7.99. The summed E-state index contributed by atoms with van der Waals surface area (Å²) in [7, 11) is 0. The van der Waals surface area contributed by atoms with Gasteiger partial charge in [-0.1, -0.05) is 6.42 Å². The Morgan fingerprint density at radius 3 is 3.00 bits per heavy atom. The number of nitrogens with two attached hydrogens (primary N) is 1. The average Bonchev–Trinajstić information content (AvgIpc) is 2.56. The first-order valence-corrected chi connectivity index (χ1v) is 5.32. The lowest BCUT2D eigenvalue weighted by Gasteiger charge is -2.21. The van der Waals surface area contributed by atoms with Gasteiger partial charge in [0.05, 0.1) is 0 Å². The molecule has 0 unspecified atom stereocenters. The van der Waals surface area contributed by atoms with Gasteiger partial charge in [-0.3, -0.25) is 0 Å². The van der Waals surface area contributed by atoms with Crippen LogP contribution in [0, 0.1) is 0 Å². The maximum atomic E-state index is 5.69. The average molecular weight is 203 g/mol. The summed E-state index contributed by atoms with van der Waals surface area (Å²) in [6.45, 7) is 0.488. The number of pyridine rings is 1. The maximum absolute atomic E-state index is 5.69. The second kappa shape index (κ2) is 3.31. The molecule has 4 nitrogen and oxygen atoms in total. The summed E-state index contributed by atoms with van der Waals surface area (Å²) in [6.07, 6.45) is 5.42. The number of nitrogens with zero attached hydrogens (tertiary/aromatic N) is 2. The van der Waals surface area contributed by atoms with Crippen molar-refractivity contribution >= 4 is 11.2 Å². The molecule has 0 spiro atoms. The molecule has 0 atom stereocenters. The van der Waals surface area contributed by atoms with Crippen LogP contribution < -0.4 is 5.73 Å². The van der Waals surface area contributed by atoms with E-state index >= 15 is 0 Å². The Morgan fingerprint density at radius 2 is 2.33 bits per heavy atom. The van der Waals surface area contributed by atoms with E-state index < -0.39 is 0 Å². The molecule has 0 bridgehead atoms. The molecule has 0 aliphatic heterocycles. The molecule has 0 amide bonds. The summed E-state index contributed by atoms with van der Waals surface area (Å²) in [5, 5.41) is 0. The topological polar surface area (TPSA) is 64.9 Å². The third-order valence-corrected chi connectivity index (χ3v) is 3.01. The van der Waals surface area contributed by atoms with Crippen LogP contribution in [0.1, 0.15) is 36.6 Å². The minimum absolute atomic E-state index is 0.488. The predicted octanol–water partition coefficient (Wildman–Crippen LogP) is 1.95. The van der Waals surface area contributed by atoms with Crippen LogP contribution in [-0.2, 0) is 6.54 Å². The zero-order valence-electron chi connectivity index (χ0n) is 8.44. The second-order valence-electron chi connectivity index (χ2n) is 4.05. The first kappa shape index (κ1) is 8.85. The summed E-state index contributed by atoms with van der Waals surface area (Å²) in [5.74, 6) is 1.36. The van der Waals surface area contributed by atoms with Gasteiger partial charge in [-0.25, -0.2) is 4.98 Å². The van der Waals surface area contributed by atoms with Crippen molar-refractivity contribution < 1.29 is 4.42 Å². The highest BCUT2D eigenvalue weighted by Crippen LogP contribution is 2.36. The van der Waals surface area contributed by atoms with E-state index in [9.17, 15) is 0 Å². The van der Waals surface area contributed by atoms with Gasteiger partial charge in [0.2, 0.25) is 0 Å². The van der Waals surface area contributed by atoms with Crippen molar-refractivity contribution in [2.75, 3.05) is 0 Å². The van der Waals surface area contributed by atoms with Crippen LogP contribution in [0.5, 0.6) is 0 Å². The molecule has 2 aromatic heterocycles. The fourth-order valence-corrected chi connectivity index (χ4v) is 1.82. The third kappa shape index (κ3) is 1.41. The zero-order valence-corrected chi connectivity index (χ0v) is 8.44. The highest BCUT2D eigenvalue weighted by atomic mass is 16.3. The van der Waals surface area contributed by atoms with Crippen LogP contribution in [0.15, 0.2) is 16.7 Å². The summed E-state index contributed by atoms with van der Waals surface area (Å²) >= 11 is 0. The zero-order chi connectivity index (χ0) is 10.3. The lowest BCUT2D eigenvalue weighted by atomic mass is 9.85. The molecule has 4 heteroatoms. The van der Waals surface area contributed by atoms with Gasteiger partial charge in [0.1, 0.15) is 0 Å². The number of aromatic nitrogens is 2. The van der Waals surface area contributed by atoms with E-state index in [1.807, 2.05) is 6.07 Å². The fourth-order valence-electron chi connectivity index (χ4n) is 1.82. The molecule has 2 N–H and O–H groups in total. The van der Waals surface area contributed by atoms with E-state index in [4.69, 9.17) is 10.2 Å². The molecular formula is C11H13N3O. The Labute approximate surface area is 87.5 Å². The van der Waals surface area contributed by atoms with Crippen molar-refractivity contribution in [2.45, 2.75) is 31.7 Å². The van der Waals surface area contributed by atoms with Crippen LogP contribution in [0.3, 0.4) is 0 Å². The van der Waals surface area contributed by atoms with Crippen LogP contribution in [0.4, 0.5) is 0 Å². The quantitative estimate of drug-likeness (QED) is 0.810. The summed E-state index contributed by atoms with van der Waals surface area (Å²) < 4.78 is 5.69. The van der Waals surface area contributed by atoms with E-state index in [2.05, 4.69) is 9.97 Å². The van der Waals surface area contributed by atoms with E-state index in [0.717, 1.165) is 17.0 Å². The molecule has 0 radical (unpaired) electrons. The van der Waals surface area contributed by atoms with E-state index in [-0.39, 0.29) is 0 Å². The number of hydrogen-bond donors (Lipinski definition) is 1. The first-order chi connectivity index (χ1) is 7.36. The Morgan fingerprint density at radius 1 is 1.47 bits per heavy atom. The normalized spacial score (nSPS) is 16.9. The van der Waals surface area contributed by atoms with Crippen LogP contribution >= 0.6 is 0 Å². The van der Waals surface area contributed by atoms with Crippen molar-refractivity contribution in [3.63, 3.8) is 0 Å². The van der Waals surface area contributed by atoms with E-state index in [0.29, 0.717) is 18.1 Å². The Hall–Kier alpha value is -1.42. The molecule has 3 rings (SSSR count). The molecule has 1 aliphatic carbocycles. The standard InChI is InChI=1S/C11H13N3O/c12-5-7-4-9-10(13-6-7)14-11(15-9)8-2-1-3-8/h4,6,8H,1-3,5,12H2. The van der Waals surface area contributed by atoms with Crippen molar-refractivity contribution in [1.29, 1.82) is 0 Å². The van der Waals surface area contributed by atoms with Gasteiger partial charge < -0.3 is 10.2 Å². The SMILES string of the molecule is NCc1cnc2nc(C3CCC3)oc2c1. The van der Waals surface area contributed by atoms with Crippen molar-refractivity contribution in [3.8, 4) is 0 Å². The molecule has 1 aliphatic rings. The van der Waals surface area contributed by atoms with Gasteiger partial charge in [0.15, 0.2) is 17.1 Å². The minimum Gasteiger partial charge on any atom is -0.439 e. The molecule has 15 heavy (non-hydrogen) atoms. The smallest absolute Gasteiger partial charge is 0.200 e. The highest BCUT2D eigenvalue weighted by Gasteiger charge is 2.24. The molecule has 1 fully saturated rings. The van der Waals surface area contributed by atoms with Gasteiger partial charge in [-0.15, -0.1) is 0 Å². The maximum Gasteiger partial charge on any atom is 0.200 e. The van der Waals surface area contributed by atoms with Gasteiger partial charge in [0.25, 0.3) is 0 Å². The third-order valence-electron chi connectivity index (χ3n) is 3.01. The summed E-state index contributed by atoms with van der Waals surface area (Å²) in [6, 6.07) is 1.93. The Kier molecular flexibility index (Phi) is 1.95. The lowest BCUT2D eigenvalue weighted by molar-refractivity contribution is 0.344. The number of hydrogen-bond acceptors (Lipinski definition) is 4. The van der Waals surface area contributed by atoms with Gasteiger partial charge >= 0.3 is 0 Å². The van der Waals surface area contributed by atoms with Crippen molar-refractivity contribution in [1.82, 2.24) is 9.97 Å². The van der Waals surface area contributed by atoms with Crippen molar-refractivity contribution in [2.24, 2.45) is 5.73 Å². The second-order valence-corrected chi connectivity index (χ2v) is 4.05. The lowest BCUT2D eigenvalue weighted by Crippen LogP contribution is -2.08. The molecule has 0 aromatic carbocycles. The molecular weight excluding hydrogens is 190 g/mol. The van der Waals surface area contributed by atoms with Crippen LogP contribution in [0.2, 0.25) is 0 Å². The monoisotopic (exact) mass is 203 g/mol. The van der Waals surface area contributed by atoms with E-state index in [1.54, 1.807) is 6.20 Å². The fraction of sp³-hybridized carbons (Fsp3) is 0.455. The molecule has 78 valence electrons. The molecule has 2 aromatic rings. The number of oxazole rings is 1. The van der Waals surface area contributed by atoms with E-state index in [1.165, 1.54) is 19.3 Å². The number of rotatable bonds is 2. The van der Waals surface area contributed by atoms with Gasteiger partial charge in [-0.05, 0) is 24.5 Å². The Bertz CT molecular complexity index is 488. The summed E-state index contributed by atoms with van der Waals surface area (Å²) in [4.78, 5) is 8.62. The molecule has 2 heterocycles. The van der Waals surface area contributed by atoms with Gasteiger partial charge in [-0.2, -0.15) is 4.98 Å². The first-order valence-electron chi connectivity index (χ1n) is 5.32. The van der Waals surface area contributed by atoms with Crippen molar-refractivity contribution in [3.05, 3.63) is 23.7 Å². The largest absolute Gasteiger partial charge is 0.439 e. The molecule has 0 saturated heterocycles. The van der Waals surface area contributed by atoms with Crippen LogP contribution in [-0.4, -0.2) is 9.97 Å².